The van der Waals surface area contributed by atoms with Crippen LogP contribution in [0.5, 0.6) is 0 Å². The van der Waals surface area contributed by atoms with Gasteiger partial charge in [0.2, 0.25) is 0 Å². The van der Waals surface area contributed by atoms with E-state index in [1.807, 2.05) is 4.57 Å². The molecule has 2 aromatic heterocycles. The maximum Gasteiger partial charge on any atom is 0.192 e. The highest BCUT2D eigenvalue weighted by atomic mass is 28.4. The van der Waals surface area contributed by atoms with Crippen LogP contribution in [0.1, 0.15) is 54.2 Å². The predicted molar refractivity (Wildman–Crippen MR) is 133 cm³/mol. The molecule has 1 aliphatic heterocycles. The summed E-state index contributed by atoms with van der Waals surface area (Å²) in [6, 6.07) is 0. The normalized spacial score (nSPS) is 23.2. The zero-order valence-corrected chi connectivity index (χ0v) is 23.4. The topological polar surface area (TPSA) is 97.3 Å². The van der Waals surface area contributed by atoms with Crippen molar-refractivity contribution >= 4 is 33.6 Å². The van der Waals surface area contributed by atoms with Crippen LogP contribution in [0.3, 0.4) is 0 Å². The Bertz CT molecular complexity index is 949. The first kappa shape index (κ1) is 25.3. The van der Waals surface area contributed by atoms with E-state index in [-0.39, 0.29) is 28.5 Å². The number of rotatable bonds is 6. The Hall–Kier alpha value is -1.34. The Morgan fingerprint density at radius 3 is 2.25 bits per heavy atom. The van der Waals surface area contributed by atoms with Crippen LogP contribution in [-0.2, 0) is 13.6 Å². The molecule has 10 heteroatoms. The van der Waals surface area contributed by atoms with E-state index >= 15 is 0 Å². The van der Waals surface area contributed by atoms with Gasteiger partial charge in [-0.25, -0.2) is 15.0 Å². The number of hydrogen-bond donors (Lipinski definition) is 1. The molecule has 3 atom stereocenters. The summed E-state index contributed by atoms with van der Waals surface area (Å²) in [4.78, 5) is 12.9. The lowest BCUT2D eigenvalue weighted by Gasteiger charge is -2.40. The van der Waals surface area contributed by atoms with Crippen LogP contribution in [-0.4, -0.2) is 55.0 Å². The molecule has 3 rings (SSSR count). The Labute approximate surface area is 194 Å². The van der Waals surface area contributed by atoms with Crippen LogP contribution in [0.2, 0.25) is 36.3 Å². The minimum Gasteiger partial charge on any atom is -0.414 e. The highest BCUT2D eigenvalue weighted by Gasteiger charge is 2.46. The van der Waals surface area contributed by atoms with E-state index in [2.05, 4.69) is 82.7 Å². The van der Waals surface area contributed by atoms with Gasteiger partial charge in [-0.1, -0.05) is 41.5 Å². The lowest BCUT2D eigenvalue weighted by Crippen LogP contribution is -2.48. The number of anilines is 1. The van der Waals surface area contributed by atoms with Crippen LogP contribution in [0, 0.1) is 0 Å². The highest BCUT2D eigenvalue weighted by Crippen LogP contribution is 2.42. The zero-order valence-electron chi connectivity index (χ0n) is 21.4. The predicted octanol–water partition coefficient (Wildman–Crippen LogP) is 5.11. The molecule has 2 aromatic rings. The molecule has 0 saturated carbocycles. The fourth-order valence-electron chi connectivity index (χ4n) is 3.29. The van der Waals surface area contributed by atoms with E-state index in [0.29, 0.717) is 30.0 Å². The van der Waals surface area contributed by atoms with Gasteiger partial charge in [-0.2, -0.15) is 0 Å². The summed E-state index contributed by atoms with van der Waals surface area (Å²) in [5, 5.41) is 0.245. The molecule has 1 aliphatic rings. The van der Waals surface area contributed by atoms with Gasteiger partial charge in [0, 0.05) is 6.42 Å². The summed E-state index contributed by atoms with van der Waals surface area (Å²) in [6.07, 6.45) is 3.47. The highest BCUT2D eigenvalue weighted by molar-refractivity contribution is 6.74. The van der Waals surface area contributed by atoms with Crippen molar-refractivity contribution in [2.24, 2.45) is 0 Å². The molecule has 180 valence electrons. The molecule has 3 heterocycles. The second-order valence-electron chi connectivity index (χ2n) is 11.9. The number of imidazole rings is 1. The molecule has 0 aromatic carbocycles. The minimum absolute atomic E-state index is 0.0534. The van der Waals surface area contributed by atoms with Gasteiger partial charge in [0.1, 0.15) is 24.2 Å². The molecular weight excluding hydrogens is 438 g/mol. The summed E-state index contributed by atoms with van der Waals surface area (Å²) in [7, 11) is -3.91. The van der Waals surface area contributed by atoms with Gasteiger partial charge in [0.05, 0.1) is 19.0 Å². The van der Waals surface area contributed by atoms with Gasteiger partial charge >= 0.3 is 0 Å². The third-order valence-electron chi connectivity index (χ3n) is 7.54. The molecule has 0 radical (unpaired) electrons. The first-order valence-corrected chi connectivity index (χ1v) is 17.3. The third-order valence-corrected chi connectivity index (χ3v) is 16.5. The largest absolute Gasteiger partial charge is 0.414 e. The molecule has 8 nitrogen and oxygen atoms in total. The fraction of sp³-hybridized carbons (Fsp3) is 0.773. The lowest BCUT2D eigenvalue weighted by atomic mass is 10.2. The van der Waals surface area contributed by atoms with E-state index < -0.39 is 16.6 Å². The molecule has 0 aliphatic carbocycles. The molecule has 0 unspecified atom stereocenters. The molecule has 2 N–H and O–H groups in total. The summed E-state index contributed by atoms with van der Waals surface area (Å²) in [5.41, 5.74) is 7.26. The number of aromatic nitrogens is 4. The third kappa shape index (κ3) is 4.94. The monoisotopic (exact) mass is 479 g/mol. The van der Waals surface area contributed by atoms with Crippen LogP contribution in [0.25, 0.3) is 11.2 Å². The average molecular weight is 480 g/mol. The molecule has 32 heavy (non-hydrogen) atoms. The number of ether oxygens (including phenoxy) is 1. The summed E-state index contributed by atoms with van der Waals surface area (Å²) < 4.78 is 21.9. The number of nitrogens with two attached hydrogens (primary N) is 1. The summed E-state index contributed by atoms with van der Waals surface area (Å²) in [6.45, 7) is 23.2. The second kappa shape index (κ2) is 8.46. The van der Waals surface area contributed by atoms with Crippen molar-refractivity contribution < 1.29 is 13.6 Å². The maximum atomic E-state index is 6.85. The van der Waals surface area contributed by atoms with Crippen molar-refractivity contribution in [3.05, 3.63) is 12.7 Å². The minimum atomic E-state index is -2.00. The van der Waals surface area contributed by atoms with Gasteiger partial charge in [0.15, 0.2) is 28.1 Å². The molecule has 0 amide bonds. The smallest absolute Gasteiger partial charge is 0.192 e. The van der Waals surface area contributed by atoms with Gasteiger partial charge < -0.3 is 19.3 Å². The zero-order chi connectivity index (χ0) is 24.1. The summed E-state index contributed by atoms with van der Waals surface area (Å²) in [5.74, 6) is 0.374. The van der Waals surface area contributed by atoms with E-state index in [1.165, 1.54) is 6.33 Å². The number of nitrogens with zero attached hydrogens (tertiary/aromatic N) is 4. The number of nitrogen functional groups attached to an aromatic ring is 1. The fourth-order valence-corrected chi connectivity index (χ4v) is 5.66. The van der Waals surface area contributed by atoms with E-state index in [1.54, 1.807) is 6.33 Å². The van der Waals surface area contributed by atoms with Crippen molar-refractivity contribution in [3.8, 4) is 0 Å². The van der Waals surface area contributed by atoms with E-state index in [4.69, 9.17) is 19.3 Å². The van der Waals surface area contributed by atoms with Gasteiger partial charge in [-0.05, 0) is 36.3 Å². The Kier molecular flexibility index (Phi) is 6.69. The quantitative estimate of drug-likeness (QED) is 0.575. The van der Waals surface area contributed by atoms with Crippen molar-refractivity contribution in [1.29, 1.82) is 0 Å². The van der Waals surface area contributed by atoms with Crippen molar-refractivity contribution in [3.63, 3.8) is 0 Å². The van der Waals surface area contributed by atoms with Gasteiger partial charge in [-0.15, -0.1) is 0 Å². The van der Waals surface area contributed by atoms with Crippen LogP contribution >= 0.6 is 0 Å². The average Bonchev–Trinajstić information content (AvgIpc) is 3.22. The van der Waals surface area contributed by atoms with Crippen LogP contribution < -0.4 is 5.73 Å². The maximum absolute atomic E-state index is 6.85. The molecule has 1 saturated heterocycles. The van der Waals surface area contributed by atoms with Gasteiger partial charge in [-0.3, -0.25) is 4.57 Å². The SMILES string of the molecule is CC(C)(C)[Si](C)(C)OC[C@H]1O[C@@H](n2cnc3c(N)ncnc32)C[C@@H]1O[Si](C)(C)C(C)(C)C. The van der Waals surface area contributed by atoms with E-state index in [0.717, 1.165) is 0 Å². The van der Waals surface area contributed by atoms with Gasteiger partial charge in [0.25, 0.3) is 0 Å². The standard InChI is InChI=1S/C22H41N5O3Si2/c1-21(2,3)31(7,8)28-12-16-15(30-32(9,10)22(4,5)6)11-17(29-16)27-14-26-18-19(23)24-13-25-20(18)27/h13-17H,11-12H2,1-10H3,(H2,23,24,25)/t15-,16+,17+/m0/s1. The lowest BCUT2D eigenvalue weighted by molar-refractivity contribution is -0.0383. The first-order chi connectivity index (χ1) is 14.5. The Morgan fingerprint density at radius 2 is 1.66 bits per heavy atom. The number of hydrogen-bond acceptors (Lipinski definition) is 7. The number of fused-ring (bicyclic) bond motifs is 1. The van der Waals surface area contributed by atoms with Crippen LogP contribution in [0.4, 0.5) is 5.82 Å². The van der Waals surface area contributed by atoms with E-state index in [9.17, 15) is 0 Å². The van der Waals surface area contributed by atoms with Crippen molar-refractivity contribution in [1.82, 2.24) is 19.5 Å². The van der Waals surface area contributed by atoms with Crippen molar-refractivity contribution in [2.75, 3.05) is 12.3 Å². The molecule has 0 bridgehead atoms. The second-order valence-corrected chi connectivity index (χ2v) is 21.5. The Balaban J connectivity index is 1.87. The summed E-state index contributed by atoms with van der Waals surface area (Å²) >= 11 is 0. The first-order valence-electron chi connectivity index (χ1n) is 11.4. The Morgan fingerprint density at radius 1 is 1.03 bits per heavy atom. The van der Waals surface area contributed by atoms with Crippen LogP contribution in [0.15, 0.2) is 12.7 Å². The molecule has 0 spiro atoms. The molecular formula is C22H41N5O3Si2. The van der Waals surface area contributed by atoms with Crippen molar-refractivity contribution in [2.45, 2.75) is 103 Å². The molecule has 1 fully saturated rings.